The van der Waals surface area contributed by atoms with E-state index in [2.05, 4.69) is 5.32 Å². The van der Waals surface area contributed by atoms with E-state index >= 15 is 0 Å². The number of hydrogen-bond donors (Lipinski definition) is 1. The Morgan fingerprint density at radius 2 is 1.85 bits per heavy atom. The molecule has 2 aromatic rings. The van der Waals surface area contributed by atoms with Crippen molar-refractivity contribution in [2.75, 3.05) is 12.4 Å². The fourth-order valence-electron chi connectivity index (χ4n) is 1.80. The summed E-state index contributed by atoms with van der Waals surface area (Å²) in [5, 5.41) is 2.72. The summed E-state index contributed by atoms with van der Waals surface area (Å²) in [6.07, 6.45) is 0. The molecule has 0 radical (unpaired) electrons. The third-order valence-corrected chi connectivity index (χ3v) is 2.69. The number of carbonyl (C=O) groups excluding carboxylic acids is 1. The molecule has 0 aromatic heterocycles. The third kappa shape index (κ3) is 4.02. The van der Waals surface area contributed by atoms with Crippen molar-refractivity contribution >= 4 is 11.6 Å². The Hall–Kier alpha value is -2.49. The van der Waals surface area contributed by atoms with E-state index in [1.807, 2.05) is 42.5 Å². The Morgan fingerprint density at radius 1 is 1.10 bits per heavy atom. The molecule has 2 rings (SSSR count). The molecule has 0 heterocycles. The number of benzene rings is 2. The SMILES string of the molecule is COc1cccc(COc2cccc(NC(C)=O)c2)c1. The van der Waals surface area contributed by atoms with Crippen molar-refractivity contribution in [2.24, 2.45) is 0 Å². The van der Waals surface area contributed by atoms with Crippen LogP contribution in [0.3, 0.4) is 0 Å². The average molecular weight is 271 g/mol. The van der Waals surface area contributed by atoms with Gasteiger partial charge in [-0.1, -0.05) is 18.2 Å². The molecule has 4 heteroatoms. The van der Waals surface area contributed by atoms with Crippen molar-refractivity contribution in [3.8, 4) is 11.5 Å². The van der Waals surface area contributed by atoms with E-state index in [-0.39, 0.29) is 5.91 Å². The molecule has 1 amide bonds. The predicted molar refractivity (Wildman–Crippen MR) is 78.1 cm³/mol. The molecule has 0 bridgehead atoms. The van der Waals surface area contributed by atoms with Crippen molar-refractivity contribution in [2.45, 2.75) is 13.5 Å². The predicted octanol–water partition coefficient (Wildman–Crippen LogP) is 3.23. The Bertz CT molecular complexity index is 596. The van der Waals surface area contributed by atoms with Gasteiger partial charge in [-0.25, -0.2) is 0 Å². The Balaban J connectivity index is 2.01. The van der Waals surface area contributed by atoms with Gasteiger partial charge in [0.05, 0.1) is 7.11 Å². The summed E-state index contributed by atoms with van der Waals surface area (Å²) in [6, 6.07) is 15.0. The minimum absolute atomic E-state index is 0.102. The molecule has 0 fully saturated rings. The van der Waals surface area contributed by atoms with Crippen LogP contribution in [0.2, 0.25) is 0 Å². The maximum absolute atomic E-state index is 11.0. The topological polar surface area (TPSA) is 47.6 Å². The van der Waals surface area contributed by atoms with Crippen molar-refractivity contribution < 1.29 is 14.3 Å². The molecule has 0 saturated heterocycles. The summed E-state index contributed by atoms with van der Waals surface area (Å²) in [5.41, 5.74) is 1.75. The first-order valence-electron chi connectivity index (χ1n) is 6.31. The second-order valence-corrected chi connectivity index (χ2v) is 4.35. The molecule has 4 nitrogen and oxygen atoms in total. The van der Waals surface area contributed by atoms with Gasteiger partial charge in [0.2, 0.25) is 5.91 Å². The molecule has 0 aliphatic carbocycles. The summed E-state index contributed by atoms with van der Waals surface area (Å²) in [5.74, 6) is 1.41. The summed E-state index contributed by atoms with van der Waals surface area (Å²) in [7, 11) is 1.64. The zero-order valence-electron chi connectivity index (χ0n) is 11.6. The number of methoxy groups -OCH3 is 1. The van der Waals surface area contributed by atoms with Gasteiger partial charge in [0.15, 0.2) is 0 Å². The van der Waals surface area contributed by atoms with Gasteiger partial charge in [0.25, 0.3) is 0 Å². The minimum atomic E-state index is -0.102. The number of rotatable bonds is 5. The first-order valence-corrected chi connectivity index (χ1v) is 6.31. The fraction of sp³-hybridized carbons (Fsp3) is 0.188. The van der Waals surface area contributed by atoms with Crippen LogP contribution in [0.1, 0.15) is 12.5 Å². The monoisotopic (exact) mass is 271 g/mol. The third-order valence-electron chi connectivity index (χ3n) is 2.69. The highest BCUT2D eigenvalue weighted by Crippen LogP contribution is 2.19. The molecule has 0 spiro atoms. The van der Waals surface area contributed by atoms with Crippen molar-refractivity contribution in [3.05, 3.63) is 54.1 Å². The Kier molecular flexibility index (Phi) is 4.60. The van der Waals surface area contributed by atoms with Crippen LogP contribution in [0.4, 0.5) is 5.69 Å². The van der Waals surface area contributed by atoms with E-state index in [9.17, 15) is 4.79 Å². The second-order valence-electron chi connectivity index (χ2n) is 4.35. The summed E-state index contributed by atoms with van der Waals surface area (Å²) in [6.45, 7) is 1.92. The molecule has 20 heavy (non-hydrogen) atoms. The number of anilines is 1. The zero-order chi connectivity index (χ0) is 14.4. The highest BCUT2D eigenvalue weighted by Gasteiger charge is 2.00. The molecular formula is C16H17NO3. The van der Waals surface area contributed by atoms with Crippen LogP contribution in [-0.2, 0) is 11.4 Å². The van der Waals surface area contributed by atoms with Gasteiger partial charge in [-0.3, -0.25) is 4.79 Å². The Labute approximate surface area is 118 Å². The van der Waals surface area contributed by atoms with E-state index in [1.54, 1.807) is 13.2 Å². The number of hydrogen-bond acceptors (Lipinski definition) is 3. The average Bonchev–Trinajstić information content (AvgIpc) is 2.45. The van der Waals surface area contributed by atoms with E-state index in [1.165, 1.54) is 6.92 Å². The molecule has 104 valence electrons. The maximum Gasteiger partial charge on any atom is 0.221 e. The molecule has 0 unspecified atom stereocenters. The van der Waals surface area contributed by atoms with E-state index in [0.717, 1.165) is 17.0 Å². The van der Waals surface area contributed by atoms with Gasteiger partial charge in [-0.15, -0.1) is 0 Å². The van der Waals surface area contributed by atoms with Gasteiger partial charge in [0.1, 0.15) is 18.1 Å². The van der Waals surface area contributed by atoms with Crippen LogP contribution in [-0.4, -0.2) is 13.0 Å². The maximum atomic E-state index is 11.0. The second kappa shape index (κ2) is 6.61. The standard InChI is InChI=1S/C16H17NO3/c1-12(18)17-14-6-4-8-16(10-14)20-11-13-5-3-7-15(9-13)19-2/h3-10H,11H2,1-2H3,(H,17,18). The van der Waals surface area contributed by atoms with Gasteiger partial charge in [-0.05, 0) is 29.8 Å². The molecule has 0 atom stereocenters. The van der Waals surface area contributed by atoms with Crippen LogP contribution >= 0.6 is 0 Å². The fourth-order valence-corrected chi connectivity index (χ4v) is 1.80. The van der Waals surface area contributed by atoms with E-state index in [4.69, 9.17) is 9.47 Å². The van der Waals surface area contributed by atoms with Crippen molar-refractivity contribution in [1.82, 2.24) is 0 Å². The molecule has 2 aromatic carbocycles. The normalized spacial score (nSPS) is 9.90. The van der Waals surface area contributed by atoms with Crippen LogP contribution < -0.4 is 14.8 Å². The van der Waals surface area contributed by atoms with E-state index in [0.29, 0.717) is 12.4 Å². The smallest absolute Gasteiger partial charge is 0.221 e. The summed E-state index contributed by atoms with van der Waals surface area (Å²) >= 11 is 0. The molecule has 0 aliphatic heterocycles. The summed E-state index contributed by atoms with van der Waals surface area (Å²) < 4.78 is 10.9. The number of nitrogens with one attached hydrogen (secondary N) is 1. The lowest BCUT2D eigenvalue weighted by Crippen LogP contribution is -2.05. The first kappa shape index (κ1) is 13.9. The number of amides is 1. The quantitative estimate of drug-likeness (QED) is 0.908. The lowest BCUT2D eigenvalue weighted by Gasteiger charge is -2.09. The van der Waals surface area contributed by atoms with Gasteiger partial charge in [0, 0.05) is 18.7 Å². The zero-order valence-corrected chi connectivity index (χ0v) is 11.6. The van der Waals surface area contributed by atoms with Crippen LogP contribution in [0, 0.1) is 0 Å². The van der Waals surface area contributed by atoms with Crippen molar-refractivity contribution in [1.29, 1.82) is 0 Å². The highest BCUT2D eigenvalue weighted by molar-refractivity contribution is 5.88. The molecule has 0 saturated carbocycles. The van der Waals surface area contributed by atoms with Gasteiger partial charge >= 0.3 is 0 Å². The minimum Gasteiger partial charge on any atom is -0.497 e. The van der Waals surface area contributed by atoms with Gasteiger partial charge < -0.3 is 14.8 Å². The lowest BCUT2D eigenvalue weighted by atomic mass is 10.2. The number of ether oxygens (including phenoxy) is 2. The van der Waals surface area contributed by atoms with Crippen LogP contribution in [0.25, 0.3) is 0 Å². The van der Waals surface area contributed by atoms with Crippen LogP contribution in [0.15, 0.2) is 48.5 Å². The van der Waals surface area contributed by atoms with Crippen molar-refractivity contribution in [3.63, 3.8) is 0 Å². The van der Waals surface area contributed by atoms with Gasteiger partial charge in [-0.2, -0.15) is 0 Å². The molecule has 0 aliphatic rings. The van der Waals surface area contributed by atoms with E-state index < -0.39 is 0 Å². The van der Waals surface area contributed by atoms with Crippen LogP contribution in [0.5, 0.6) is 11.5 Å². The first-order chi connectivity index (χ1) is 9.67. The largest absolute Gasteiger partial charge is 0.497 e. The molecule has 1 N–H and O–H groups in total. The Morgan fingerprint density at radius 3 is 2.60 bits per heavy atom. The highest BCUT2D eigenvalue weighted by atomic mass is 16.5. The molecular weight excluding hydrogens is 254 g/mol. The number of carbonyl (C=O) groups is 1. The summed E-state index contributed by atoms with van der Waals surface area (Å²) in [4.78, 5) is 11.0. The lowest BCUT2D eigenvalue weighted by molar-refractivity contribution is -0.114.